The van der Waals surface area contributed by atoms with Crippen LogP contribution >= 0.6 is 8.61 Å². The summed E-state index contributed by atoms with van der Waals surface area (Å²) in [4.78, 5) is 0. The lowest BCUT2D eigenvalue weighted by atomic mass is 10.1. The first-order valence-corrected chi connectivity index (χ1v) is 8.33. The Morgan fingerprint density at radius 1 is 0.636 bits per heavy atom. The Kier molecular flexibility index (Phi) is 4.53. The third-order valence-corrected chi connectivity index (χ3v) is 5.03. The van der Waals surface area contributed by atoms with Gasteiger partial charge in [-0.1, -0.05) is 66.7 Å². The topological polar surface area (TPSA) is 17.1 Å². The van der Waals surface area contributed by atoms with Gasteiger partial charge in [0.1, 0.15) is 17.9 Å². The number of hydrogen-bond acceptors (Lipinski definition) is 1. The highest BCUT2D eigenvalue weighted by molar-refractivity contribution is 7.24. The normalized spacial score (nSPS) is 11.8. The molecule has 0 radical (unpaired) electrons. The van der Waals surface area contributed by atoms with Gasteiger partial charge in [-0.3, -0.25) is 4.57 Å². The molecule has 0 saturated heterocycles. The van der Waals surface area contributed by atoms with Crippen LogP contribution in [0.1, 0.15) is 5.56 Å². The van der Waals surface area contributed by atoms with E-state index in [9.17, 15) is 4.57 Å². The highest BCUT2D eigenvalue weighted by Gasteiger charge is 2.31. The molecule has 3 heteroatoms. The molecule has 0 aliphatic carbocycles. The quantitative estimate of drug-likeness (QED) is 0.592. The minimum absolute atomic E-state index is 0.367. The van der Waals surface area contributed by atoms with Gasteiger partial charge in [-0.25, -0.2) is 4.25 Å². The van der Waals surface area contributed by atoms with E-state index in [0.717, 1.165) is 11.4 Å². The summed E-state index contributed by atoms with van der Waals surface area (Å²) in [6.07, 6.45) is 0. The molecule has 1 atom stereocenters. The molecule has 0 aliphatic rings. The zero-order chi connectivity index (χ0) is 15.3. The summed E-state index contributed by atoms with van der Waals surface area (Å²) in [6.45, 7) is 0.688. The number of quaternary nitrogens is 1. The van der Waals surface area contributed by atoms with Crippen LogP contribution in [0.2, 0.25) is 0 Å². The zero-order valence-corrected chi connectivity index (χ0v) is 13.5. The Hall–Kier alpha value is -2.15. The van der Waals surface area contributed by atoms with Crippen LogP contribution in [0.4, 0.5) is 11.4 Å². The van der Waals surface area contributed by atoms with Crippen LogP contribution in [0.3, 0.4) is 0 Å². The van der Waals surface area contributed by atoms with Gasteiger partial charge in [-0.15, -0.1) is 0 Å². The van der Waals surface area contributed by atoms with E-state index in [2.05, 4.69) is 36.4 Å². The fraction of sp³-hybridized carbons (Fsp3) is 0.0526. The van der Waals surface area contributed by atoms with Gasteiger partial charge in [0, 0.05) is 5.56 Å². The van der Waals surface area contributed by atoms with Crippen LogP contribution in [0, 0.1) is 0 Å². The van der Waals surface area contributed by atoms with Crippen LogP contribution in [-0.4, -0.2) is 0 Å². The van der Waals surface area contributed by atoms with Gasteiger partial charge in [0.25, 0.3) is 0 Å². The van der Waals surface area contributed by atoms with Crippen LogP contribution in [-0.2, 0) is 11.1 Å². The van der Waals surface area contributed by atoms with Gasteiger partial charge in [0.05, 0.1) is 0 Å². The van der Waals surface area contributed by atoms with E-state index >= 15 is 0 Å². The number of nitrogens with zero attached hydrogens (tertiary/aromatic N) is 1. The maximum absolute atomic E-state index is 12.4. The van der Waals surface area contributed by atoms with Crippen LogP contribution in [0.25, 0.3) is 0 Å². The molecule has 0 bridgehead atoms. The molecule has 0 spiro atoms. The monoisotopic (exact) mass is 308 g/mol. The van der Waals surface area contributed by atoms with Crippen molar-refractivity contribution < 1.29 is 4.57 Å². The first kappa shape index (κ1) is 14.8. The summed E-state index contributed by atoms with van der Waals surface area (Å²) in [5.74, 6) is 0. The van der Waals surface area contributed by atoms with Crippen LogP contribution < -0.4 is 4.25 Å². The van der Waals surface area contributed by atoms with Crippen molar-refractivity contribution in [3.05, 3.63) is 96.6 Å². The summed E-state index contributed by atoms with van der Waals surface area (Å²) in [5, 5.41) is 0. The molecule has 0 aromatic heterocycles. The average Bonchev–Trinajstić information content (AvgIpc) is 2.62. The standard InChI is InChI=1S/C19H19NOP/c21-22-20(18-12-6-2-7-13-18,19-14-8-3-9-15-19)16-17-10-4-1-5-11-17/h1-15H,16,22H2/q+1. The molecule has 0 saturated carbocycles. The molecule has 1 unspecified atom stereocenters. The second-order valence-corrected chi connectivity index (χ2v) is 6.38. The van der Waals surface area contributed by atoms with Crippen molar-refractivity contribution in [3.63, 3.8) is 0 Å². The fourth-order valence-corrected chi connectivity index (χ4v) is 3.62. The third kappa shape index (κ3) is 2.89. The molecule has 0 fully saturated rings. The number of para-hydroxylation sites is 2. The minimum atomic E-state index is -1.07. The summed E-state index contributed by atoms with van der Waals surface area (Å²) in [6, 6.07) is 30.5. The van der Waals surface area contributed by atoms with Gasteiger partial charge in [0.15, 0.2) is 0 Å². The Morgan fingerprint density at radius 3 is 1.45 bits per heavy atom. The summed E-state index contributed by atoms with van der Waals surface area (Å²) < 4.78 is 12.8. The third-order valence-electron chi connectivity index (χ3n) is 3.89. The van der Waals surface area contributed by atoms with E-state index in [0.29, 0.717) is 10.8 Å². The molecule has 22 heavy (non-hydrogen) atoms. The van der Waals surface area contributed by atoms with E-state index < -0.39 is 8.61 Å². The highest BCUT2D eigenvalue weighted by atomic mass is 31.1. The second-order valence-electron chi connectivity index (χ2n) is 5.29. The Morgan fingerprint density at radius 2 is 1.05 bits per heavy atom. The maximum Gasteiger partial charge on any atom is 0.236 e. The number of hydrogen-bond donors (Lipinski definition) is 0. The molecule has 3 aromatic rings. The Labute approximate surface area is 132 Å². The minimum Gasteiger partial charge on any atom is -0.263 e. The fourth-order valence-electron chi connectivity index (χ4n) is 2.75. The Balaban J connectivity index is 2.15. The first-order chi connectivity index (χ1) is 10.8. The lowest BCUT2D eigenvalue weighted by molar-refractivity contribution is 0.526. The maximum atomic E-state index is 12.4. The number of rotatable bonds is 5. The molecule has 3 aromatic carbocycles. The summed E-state index contributed by atoms with van der Waals surface area (Å²) in [7, 11) is -1.07. The molecular weight excluding hydrogens is 289 g/mol. The lowest BCUT2D eigenvalue weighted by Gasteiger charge is -2.32. The van der Waals surface area contributed by atoms with Crippen molar-refractivity contribution in [2.45, 2.75) is 6.54 Å². The predicted molar refractivity (Wildman–Crippen MR) is 94.9 cm³/mol. The summed E-state index contributed by atoms with van der Waals surface area (Å²) >= 11 is 0. The van der Waals surface area contributed by atoms with E-state index in [1.807, 2.05) is 54.6 Å². The van der Waals surface area contributed by atoms with Gasteiger partial charge in [-0.05, 0) is 24.3 Å². The van der Waals surface area contributed by atoms with Crippen molar-refractivity contribution >= 4 is 20.0 Å². The molecule has 0 amide bonds. The lowest BCUT2D eigenvalue weighted by Crippen LogP contribution is -2.32. The molecule has 110 valence electrons. The second kappa shape index (κ2) is 6.74. The molecule has 0 aliphatic heterocycles. The van der Waals surface area contributed by atoms with Crippen LogP contribution in [0.15, 0.2) is 91.0 Å². The highest BCUT2D eigenvalue weighted by Crippen LogP contribution is 2.43. The average molecular weight is 308 g/mol. The molecule has 3 rings (SSSR count). The van der Waals surface area contributed by atoms with E-state index in [1.165, 1.54) is 5.56 Å². The van der Waals surface area contributed by atoms with Gasteiger partial charge in [-0.2, -0.15) is 0 Å². The predicted octanol–water partition coefficient (Wildman–Crippen LogP) is 5.20. The van der Waals surface area contributed by atoms with Gasteiger partial charge >= 0.3 is 0 Å². The number of benzene rings is 3. The summed E-state index contributed by atoms with van der Waals surface area (Å²) in [5.41, 5.74) is 3.30. The molecule has 0 N–H and O–H groups in total. The van der Waals surface area contributed by atoms with E-state index in [1.54, 1.807) is 0 Å². The molecular formula is C19H19NOP+. The first-order valence-electron chi connectivity index (χ1n) is 7.34. The van der Waals surface area contributed by atoms with Crippen molar-refractivity contribution in [3.8, 4) is 0 Å². The van der Waals surface area contributed by atoms with E-state index in [4.69, 9.17) is 0 Å². The van der Waals surface area contributed by atoms with Crippen molar-refractivity contribution in [2.75, 3.05) is 0 Å². The smallest absolute Gasteiger partial charge is 0.236 e. The largest absolute Gasteiger partial charge is 0.263 e. The SMILES string of the molecule is O=[PH2][N+](Cc1ccccc1)(c1ccccc1)c1ccccc1. The van der Waals surface area contributed by atoms with Crippen molar-refractivity contribution in [2.24, 2.45) is 0 Å². The van der Waals surface area contributed by atoms with Gasteiger partial charge < -0.3 is 0 Å². The van der Waals surface area contributed by atoms with Crippen molar-refractivity contribution in [1.82, 2.24) is 4.25 Å². The Bertz CT molecular complexity index is 690. The zero-order valence-electron chi connectivity index (χ0n) is 12.3. The molecule has 2 nitrogen and oxygen atoms in total. The van der Waals surface area contributed by atoms with Gasteiger partial charge in [0.2, 0.25) is 8.61 Å². The van der Waals surface area contributed by atoms with E-state index in [-0.39, 0.29) is 0 Å². The van der Waals surface area contributed by atoms with Crippen LogP contribution in [0.5, 0.6) is 0 Å². The van der Waals surface area contributed by atoms with Crippen molar-refractivity contribution in [1.29, 1.82) is 0 Å². The molecule has 0 heterocycles.